The lowest BCUT2D eigenvalue weighted by molar-refractivity contribution is 0.297. The Kier molecular flexibility index (Phi) is 7.62. The van der Waals surface area contributed by atoms with E-state index in [-0.39, 0.29) is 6.04 Å². The van der Waals surface area contributed by atoms with Crippen LogP contribution in [-0.2, 0) is 6.54 Å². The van der Waals surface area contributed by atoms with E-state index in [1.54, 1.807) is 13.3 Å². The highest BCUT2D eigenvalue weighted by Crippen LogP contribution is 2.34. The lowest BCUT2D eigenvalue weighted by Gasteiger charge is -2.27. The third-order valence-corrected chi connectivity index (χ3v) is 3.90. The predicted octanol–water partition coefficient (Wildman–Crippen LogP) is 3.02. The molecule has 0 amide bonds. The molecular weight excluding hydrogens is 252 g/mol. The van der Waals surface area contributed by atoms with E-state index in [9.17, 15) is 0 Å². The first-order chi connectivity index (χ1) is 9.73. The molecule has 5 heteroatoms. The van der Waals surface area contributed by atoms with E-state index in [1.165, 1.54) is 19.3 Å². The molecule has 2 atom stereocenters. The normalized spacial score (nSPS) is 14.2. The monoisotopic (exact) mass is 282 g/mol. The number of ether oxygens (including phenoxy) is 1. The standard InChI is InChI=1S/C15H30N4O/c1-5-8-9-12(7-3)14(18-16)15-13(20-4)11-17-19(15)10-6-2/h11-12,14,18H,5-10,16H2,1-4H3. The second-order valence-electron chi connectivity index (χ2n) is 5.28. The van der Waals surface area contributed by atoms with Crippen LogP contribution in [0, 0.1) is 5.92 Å². The first-order valence-electron chi connectivity index (χ1n) is 7.79. The van der Waals surface area contributed by atoms with E-state index in [0.29, 0.717) is 5.92 Å². The highest BCUT2D eigenvalue weighted by atomic mass is 16.5. The summed E-state index contributed by atoms with van der Waals surface area (Å²) in [5.41, 5.74) is 4.08. The maximum atomic E-state index is 5.85. The van der Waals surface area contributed by atoms with Gasteiger partial charge < -0.3 is 4.74 Å². The molecule has 0 radical (unpaired) electrons. The number of hydrogen-bond donors (Lipinski definition) is 2. The van der Waals surface area contributed by atoms with Crippen LogP contribution in [0.2, 0.25) is 0 Å². The summed E-state index contributed by atoms with van der Waals surface area (Å²) >= 11 is 0. The van der Waals surface area contributed by atoms with Gasteiger partial charge in [0.25, 0.3) is 0 Å². The smallest absolute Gasteiger partial charge is 0.161 e. The highest BCUT2D eigenvalue weighted by Gasteiger charge is 2.27. The third kappa shape index (κ3) is 3.96. The van der Waals surface area contributed by atoms with Crippen molar-refractivity contribution >= 4 is 0 Å². The fourth-order valence-corrected chi connectivity index (χ4v) is 2.75. The Morgan fingerprint density at radius 1 is 1.35 bits per heavy atom. The van der Waals surface area contributed by atoms with Crippen LogP contribution in [0.5, 0.6) is 5.75 Å². The molecule has 0 fully saturated rings. The van der Waals surface area contributed by atoms with Gasteiger partial charge in [-0.2, -0.15) is 5.10 Å². The Labute approximate surface area is 122 Å². The number of nitrogens with zero attached hydrogens (tertiary/aromatic N) is 2. The number of nitrogens with one attached hydrogen (secondary N) is 1. The number of aryl methyl sites for hydroxylation is 1. The van der Waals surface area contributed by atoms with Crippen LogP contribution in [0.15, 0.2) is 6.20 Å². The lowest BCUT2D eigenvalue weighted by atomic mass is 9.89. The summed E-state index contributed by atoms with van der Waals surface area (Å²) in [4.78, 5) is 0. The van der Waals surface area contributed by atoms with Crippen molar-refractivity contribution in [3.8, 4) is 5.75 Å². The average molecular weight is 282 g/mol. The van der Waals surface area contributed by atoms with Crippen LogP contribution >= 0.6 is 0 Å². The molecule has 3 N–H and O–H groups in total. The Morgan fingerprint density at radius 3 is 2.60 bits per heavy atom. The van der Waals surface area contributed by atoms with Crippen molar-refractivity contribution in [2.24, 2.45) is 11.8 Å². The highest BCUT2D eigenvalue weighted by molar-refractivity contribution is 5.29. The van der Waals surface area contributed by atoms with Gasteiger partial charge in [-0.25, -0.2) is 0 Å². The molecule has 1 rings (SSSR count). The van der Waals surface area contributed by atoms with Crippen molar-refractivity contribution in [2.75, 3.05) is 7.11 Å². The van der Waals surface area contributed by atoms with E-state index in [1.807, 2.05) is 4.68 Å². The molecule has 20 heavy (non-hydrogen) atoms. The molecule has 0 aliphatic heterocycles. The molecule has 0 saturated heterocycles. The molecule has 1 aromatic heterocycles. The largest absolute Gasteiger partial charge is 0.493 e. The Balaban J connectivity index is 3.04. The minimum Gasteiger partial charge on any atom is -0.493 e. The van der Waals surface area contributed by atoms with Crippen LogP contribution < -0.4 is 16.0 Å². The Hall–Kier alpha value is -1.07. The van der Waals surface area contributed by atoms with Crippen LogP contribution in [0.3, 0.4) is 0 Å². The summed E-state index contributed by atoms with van der Waals surface area (Å²) < 4.78 is 7.50. The number of hydrogen-bond acceptors (Lipinski definition) is 4. The molecule has 1 heterocycles. The van der Waals surface area contributed by atoms with Gasteiger partial charge in [0, 0.05) is 6.54 Å². The van der Waals surface area contributed by atoms with Crippen molar-refractivity contribution in [1.29, 1.82) is 0 Å². The summed E-state index contributed by atoms with van der Waals surface area (Å²) in [5.74, 6) is 7.19. The van der Waals surface area contributed by atoms with Gasteiger partial charge in [0.05, 0.1) is 25.0 Å². The SMILES string of the molecule is CCCCC(CC)C(NN)c1c(OC)cnn1CCC. The molecular formula is C15H30N4O. The zero-order valence-electron chi connectivity index (χ0n) is 13.4. The van der Waals surface area contributed by atoms with Crippen LogP contribution in [-0.4, -0.2) is 16.9 Å². The third-order valence-electron chi connectivity index (χ3n) is 3.90. The van der Waals surface area contributed by atoms with Gasteiger partial charge in [0.1, 0.15) is 0 Å². The van der Waals surface area contributed by atoms with Crippen molar-refractivity contribution in [2.45, 2.75) is 65.5 Å². The van der Waals surface area contributed by atoms with Gasteiger partial charge in [-0.3, -0.25) is 16.0 Å². The number of nitrogens with two attached hydrogens (primary N) is 1. The minimum atomic E-state index is 0.0931. The molecule has 0 spiro atoms. The molecule has 2 unspecified atom stereocenters. The number of methoxy groups -OCH3 is 1. The first-order valence-corrected chi connectivity index (χ1v) is 7.79. The molecule has 0 bridgehead atoms. The van der Waals surface area contributed by atoms with E-state index < -0.39 is 0 Å². The summed E-state index contributed by atoms with van der Waals surface area (Å²) in [7, 11) is 1.69. The average Bonchev–Trinajstić information content (AvgIpc) is 2.86. The van der Waals surface area contributed by atoms with Gasteiger partial charge in [0.2, 0.25) is 0 Å². The Morgan fingerprint density at radius 2 is 2.10 bits per heavy atom. The zero-order valence-corrected chi connectivity index (χ0v) is 13.4. The topological polar surface area (TPSA) is 65.1 Å². The second-order valence-corrected chi connectivity index (χ2v) is 5.28. The van der Waals surface area contributed by atoms with E-state index in [0.717, 1.165) is 30.8 Å². The van der Waals surface area contributed by atoms with Crippen LogP contribution in [0.1, 0.15) is 64.6 Å². The molecule has 116 valence electrons. The Bertz CT molecular complexity index is 378. The van der Waals surface area contributed by atoms with E-state index in [4.69, 9.17) is 10.6 Å². The summed E-state index contributed by atoms with van der Waals surface area (Å²) in [6.45, 7) is 7.48. The minimum absolute atomic E-state index is 0.0931. The molecule has 0 aliphatic rings. The van der Waals surface area contributed by atoms with Gasteiger partial charge >= 0.3 is 0 Å². The first kappa shape index (κ1) is 17.0. The summed E-state index contributed by atoms with van der Waals surface area (Å²) in [6, 6.07) is 0.0931. The van der Waals surface area contributed by atoms with Gasteiger partial charge in [0.15, 0.2) is 5.75 Å². The molecule has 1 aromatic rings. The maximum absolute atomic E-state index is 5.85. The number of aromatic nitrogens is 2. The molecule has 0 saturated carbocycles. The predicted molar refractivity (Wildman–Crippen MR) is 82.4 cm³/mol. The second kappa shape index (κ2) is 8.97. The summed E-state index contributed by atoms with van der Waals surface area (Å²) in [5, 5.41) is 4.44. The zero-order chi connectivity index (χ0) is 15.0. The van der Waals surface area contributed by atoms with Gasteiger partial charge in [-0.15, -0.1) is 0 Å². The molecule has 0 aromatic carbocycles. The molecule has 5 nitrogen and oxygen atoms in total. The van der Waals surface area contributed by atoms with Gasteiger partial charge in [-0.1, -0.05) is 40.0 Å². The fraction of sp³-hybridized carbons (Fsp3) is 0.800. The molecule has 0 aliphatic carbocycles. The van der Waals surface area contributed by atoms with E-state index in [2.05, 4.69) is 31.3 Å². The van der Waals surface area contributed by atoms with Crippen molar-refractivity contribution < 1.29 is 4.74 Å². The maximum Gasteiger partial charge on any atom is 0.161 e. The fourth-order valence-electron chi connectivity index (χ4n) is 2.75. The lowest BCUT2D eigenvalue weighted by Crippen LogP contribution is -2.35. The van der Waals surface area contributed by atoms with Crippen molar-refractivity contribution in [1.82, 2.24) is 15.2 Å². The number of rotatable bonds is 10. The quantitative estimate of drug-likeness (QED) is 0.511. The van der Waals surface area contributed by atoms with E-state index >= 15 is 0 Å². The van der Waals surface area contributed by atoms with Gasteiger partial charge in [-0.05, 0) is 18.8 Å². The number of unbranched alkanes of at least 4 members (excludes halogenated alkanes) is 1. The van der Waals surface area contributed by atoms with Crippen molar-refractivity contribution in [3.63, 3.8) is 0 Å². The van der Waals surface area contributed by atoms with Crippen molar-refractivity contribution in [3.05, 3.63) is 11.9 Å². The number of hydrazine groups is 1. The van der Waals surface area contributed by atoms with Crippen LogP contribution in [0.25, 0.3) is 0 Å². The van der Waals surface area contributed by atoms with Crippen LogP contribution in [0.4, 0.5) is 0 Å². The summed E-state index contributed by atoms with van der Waals surface area (Å²) in [6.07, 6.45) is 7.53.